The molecule has 0 spiro atoms. The van der Waals surface area contributed by atoms with Crippen LogP contribution in [-0.4, -0.2) is 36.4 Å². The number of hydrogen-bond donors (Lipinski definition) is 1. The lowest BCUT2D eigenvalue weighted by Gasteiger charge is -2.15. The fraction of sp³-hybridized carbons (Fsp3) is 0.846. The zero-order chi connectivity index (χ0) is 32.2. The third kappa shape index (κ3) is 33.3. The number of carbonyl (C=O) groups excluding carboxylic acids is 2. The van der Waals surface area contributed by atoms with Gasteiger partial charge in [0.15, 0.2) is 6.10 Å². The standard InChI is InChI=1S/C39H72O5/c1-3-5-7-9-11-13-15-17-19-21-23-25-27-29-31-33-38(41)43-36-37(35-40)44-39(42)34-32-30-28-26-24-22-20-18-16-14-12-10-8-6-4-2/h12,14,18,20,37,40H,3-11,13,15-17,19,21-36H2,1-2H3/b14-12+,20-18+/t37-/m0/s1. The van der Waals surface area contributed by atoms with Gasteiger partial charge in [0.1, 0.15) is 6.61 Å². The summed E-state index contributed by atoms with van der Waals surface area (Å²) in [5, 5.41) is 9.53. The maximum absolute atomic E-state index is 12.1. The van der Waals surface area contributed by atoms with Gasteiger partial charge in [-0.25, -0.2) is 0 Å². The van der Waals surface area contributed by atoms with Gasteiger partial charge in [0.25, 0.3) is 0 Å². The van der Waals surface area contributed by atoms with Gasteiger partial charge in [0.05, 0.1) is 6.61 Å². The van der Waals surface area contributed by atoms with E-state index in [1.165, 1.54) is 116 Å². The SMILES string of the molecule is CCCCC/C=C/C/C=C/CCCCCCCC(=O)O[C@@H](CO)COC(=O)CCCCCCCCCCCCCCCCC. The number of allylic oxidation sites excluding steroid dienone is 4. The summed E-state index contributed by atoms with van der Waals surface area (Å²) in [6.07, 6.45) is 40.9. The molecule has 5 heteroatoms. The predicted molar refractivity (Wildman–Crippen MR) is 187 cm³/mol. The minimum absolute atomic E-state index is 0.0675. The first-order valence-corrected chi connectivity index (χ1v) is 18.9. The number of carbonyl (C=O) groups is 2. The number of hydrogen-bond acceptors (Lipinski definition) is 5. The second-order valence-electron chi connectivity index (χ2n) is 12.7. The summed E-state index contributed by atoms with van der Waals surface area (Å²) < 4.78 is 10.6. The molecule has 0 fully saturated rings. The molecule has 0 unspecified atom stereocenters. The summed E-state index contributed by atoms with van der Waals surface area (Å²) in [6.45, 7) is 4.10. The van der Waals surface area contributed by atoms with Crippen molar-refractivity contribution in [3.63, 3.8) is 0 Å². The van der Waals surface area contributed by atoms with Crippen molar-refractivity contribution in [1.29, 1.82) is 0 Å². The Hall–Kier alpha value is -1.62. The van der Waals surface area contributed by atoms with Gasteiger partial charge < -0.3 is 14.6 Å². The van der Waals surface area contributed by atoms with Crippen molar-refractivity contribution in [3.8, 4) is 0 Å². The first kappa shape index (κ1) is 42.4. The number of esters is 2. The van der Waals surface area contributed by atoms with E-state index in [-0.39, 0.29) is 25.2 Å². The Kier molecular flexibility index (Phi) is 34.5. The van der Waals surface area contributed by atoms with E-state index >= 15 is 0 Å². The van der Waals surface area contributed by atoms with Gasteiger partial charge in [0.2, 0.25) is 0 Å². The average Bonchev–Trinajstić information content (AvgIpc) is 3.02. The van der Waals surface area contributed by atoms with Crippen LogP contribution in [0.15, 0.2) is 24.3 Å². The molecular weight excluding hydrogens is 548 g/mol. The first-order valence-electron chi connectivity index (χ1n) is 18.9. The number of unbranched alkanes of at least 4 members (excludes halogenated alkanes) is 22. The fourth-order valence-electron chi connectivity index (χ4n) is 5.35. The summed E-state index contributed by atoms with van der Waals surface area (Å²) in [5.74, 6) is -0.601. The van der Waals surface area contributed by atoms with E-state index < -0.39 is 6.10 Å². The van der Waals surface area contributed by atoms with Crippen LogP contribution in [-0.2, 0) is 19.1 Å². The molecule has 44 heavy (non-hydrogen) atoms. The largest absolute Gasteiger partial charge is 0.462 e. The molecular formula is C39H72O5. The Morgan fingerprint density at radius 2 is 0.909 bits per heavy atom. The average molecular weight is 621 g/mol. The molecule has 0 aliphatic heterocycles. The highest BCUT2D eigenvalue weighted by Crippen LogP contribution is 2.14. The Morgan fingerprint density at radius 1 is 0.523 bits per heavy atom. The summed E-state index contributed by atoms with van der Waals surface area (Å²) >= 11 is 0. The highest BCUT2D eigenvalue weighted by Gasteiger charge is 2.16. The highest BCUT2D eigenvalue weighted by atomic mass is 16.6. The van der Waals surface area contributed by atoms with Gasteiger partial charge in [-0.1, -0.05) is 160 Å². The maximum atomic E-state index is 12.1. The van der Waals surface area contributed by atoms with Gasteiger partial charge in [0, 0.05) is 12.8 Å². The van der Waals surface area contributed by atoms with Crippen molar-refractivity contribution in [2.75, 3.05) is 13.2 Å². The van der Waals surface area contributed by atoms with E-state index in [1.807, 2.05) is 0 Å². The Bertz CT molecular complexity index is 671. The van der Waals surface area contributed by atoms with Crippen LogP contribution >= 0.6 is 0 Å². The summed E-state index contributed by atoms with van der Waals surface area (Å²) in [4.78, 5) is 24.2. The molecule has 0 radical (unpaired) electrons. The van der Waals surface area contributed by atoms with Crippen molar-refractivity contribution >= 4 is 11.9 Å². The molecule has 0 saturated heterocycles. The van der Waals surface area contributed by atoms with E-state index in [2.05, 4.69) is 38.2 Å². The van der Waals surface area contributed by atoms with E-state index in [4.69, 9.17) is 9.47 Å². The molecule has 0 heterocycles. The van der Waals surface area contributed by atoms with E-state index in [0.29, 0.717) is 12.8 Å². The molecule has 0 aromatic heterocycles. The quantitative estimate of drug-likeness (QED) is 0.0440. The zero-order valence-corrected chi connectivity index (χ0v) is 29.2. The van der Waals surface area contributed by atoms with Gasteiger partial charge in [-0.2, -0.15) is 0 Å². The number of rotatable bonds is 34. The second-order valence-corrected chi connectivity index (χ2v) is 12.7. The molecule has 0 saturated carbocycles. The van der Waals surface area contributed by atoms with Crippen molar-refractivity contribution in [2.24, 2.45) is 0 Å². The number of aliphatic hydroxyl groups is 1. The number of ether oxygens (including phenoxy) is 2. The third-order valence-corrected chi connectivity index (χ3v) is 8.25. The highest BCUT2D eigenvalue weighted by molar-refractivity contribution is 5.70. The number of aliphatic hydroxyl groups excluding tert-OH is 1. The molecule has 0 aliphatic rings. The van der Waals surface area contributed by atoms with Crippen LogP contribution in [0, 0.1) is 0 Å². The van der Waals surface area contributed by atoms with Gasteiger partial charge >= 0.3 is 11.9 Å². The lowest BCUT2D eigenvalue weighted by Crippen LogP contribution is -2.28. The molecule has 258 valence electrons. The molecule has 0 bridgehead atoms. The van der Waals surface area contributed by atoms with Gasteiger partial charge in [-0.3, -0.25) is 9.59 Å². The smallest absolute Gasteiger partial charge is 0.306 e. The molecule has 0 aliphatic carbocycles. The van der Waals surface area contributed by atoms with Gasteiger partial charge in [-0.15, -0.1) is 0 Å². The lowest BCUT2D eigenvalue weighted by molar-refractivity contribution is -0.161. The van der Waals surface area contributed by atoms with Crippen LogP contribution in [0.1, 0.15) is 194 Å². The molecule has 1 atom stereocenters. The van der Waals surface area contributed by atoms with Crippen molar-refractivity contribution < 1.29 is 24.2 Å². The van der Waals surface area contributed by atoms with Crippen LogP contribution in [0.3, 0.4) is 0 Å². The van der Waals surface area contributed by atoms with Crippen LogP contribution in [0.5, 0.6) is 0 Å². The van der Waals surface area contributed by atoms with Crippen LogP contribution < -0.4 is 0 Å². The maximum Gasteiger partial charge on any atom is 0.306 e. The zero-order valence-electron chi connectivity index (χ0n) is 29.2. The van der Waals surface area contributed by atoms with Crippen LogP contribution in [0.4, 0.5) is 0 Å². The topological polar surface area (TPSA) is 72.8 Å². The molecule has 1 N–H and O–H groups in total. The first-order chi connectivity index (χ1) is 21.6. The second kappa shape index (κ2) is 35.9. The van der Waals surface area contributed by atoms with E-state index in [9.17, 15) is 14.7 Å². The summed E-state index contributed by atoms with van der Waals surface area (Å²) in [5.41, 5.74) is 0. The minimum atomic E-state index is -0.773. The van der Waals surface area contributed by atoms with E-state index in [1.54, 1.807) is 0 Å². The normalized spacial score (nSPS) is 12.3. The molecule has 0 aromatic carbocycles. The molecule has 0 aromatic rings. The van der Waals surface area contributed by atoms with Crippen LogP contribution in [0.2, 0.25) is 0 Å². The minimum Gasteiger partial charge on any atom is -0.462 e. The van der Waals surface area contributed by atoms with Crippen molar-refractivity contribution in [3.05, 3.63) is 24.3 Å². The van der Waals surface area contributed by atoms with E-state index in [0.717, 1.165) is 51.4 Å². The fourth-order valence-corrected chi connectivity index (χ4v) is 5.35. The summed E-state index contributed by atoms with van der Waals surface area (Å²) in [7, 11) is 0. The third-order valence-electron chi connectivity index (χ3n) is 8.25. The van der Waals surface area contributed by atoms with Crippen molar-refractivity contribution in [2.45, 2.75) is 200 Å². The monoisotopic (exact) mass is 621 g/mol. The Labute approximate surface area is 273 Å². The summed E-state index contributed by atoms with van der Waals surface area (Å²) in [6, 6.07) is 0. The Morgan fingerprint density at radius 3 is 1.39 bits per heavy atom. The lowest BCUT2D eigenvalue weighted by atomic mass is 10.0. The molecule has 5 nitrogen and oxygen atoms in total. The molecule has 0 amide bonds. The predicted octanol–water partition coefficient (Wildman–Crippen LogP) is 11.5. The van der Waals surface area contributed by atoms with Crippen LogP contribution in [0.25, 0.3) is 0 Å². The van der Waals surface area contributed by atoms with Crippen molar-refractivity contribution in [1.82, 2.24) is 0 Å². The Balaban J connectivity index is 3.56. The van der Waals surface area contributed by atoms with Gasteiger partial charge in [-0.05, 0) is 44.9 Å². The molecule has 0 rings (SSSR count).